The molecule has 1 amide bonds. The summed E-state index contributed by atoms with van der Waals surface area (Å²) < 4.78 is 5.39. The predicted octanol–water partition coefficient (Wildman–Crippen LogP) is 1.93. The number of rotatable bonds is 3. The zero-order valence-electron chi connectivity index (χ0n) is 14.0. The van der Waals surface area contributed by atoms with Crippen molar-refractivity contribution in [2.45, 2.75) is 52.7 Å². The van der Waals surface area contributed by atoms with E-state index in [-0.39, 0.29) is 11.6 Å². The number of piperazine rings is 1. The van der Waals surface area contributed by atoms with Gasteiger partial charge in [-0.05, 0) is 41.5 Å². The molecule has 1 N–H and O–H groups in total. The summed E-state index contributed by atoms with van der Waals surface area (Å²) in [6, 6.07) is 0. The molecule has 0 saturated carbocycles. The van der Waals surface area contributed by atoms with Crippen LogP contribution in [0.5, 0.6) is 0 Å². The molecule has 0 bridgehead atoms. The number of nitrogens with zero attached hydrogens (tertiary/aromatic N) is 2. The maximum absolute atomic E-state index is 11.9. The fourth-order valence-electron chi connectivity index (χ4n) is 2.07. The number of carbonyl (C=O) groups is 1. The van der Waals surface area contributed by atoms with Crippen molar-refractivity contribution in [3.63, 3.8) is 0 Å². The van der Waals surface area contributed by atoms with Crippen LogP contribution in [-0.4, -0.2) is 66.3 Å². The summed E-state index contributed by atoms with van der Waals surface area (Å²) in [6.07, 6.45) is -0.190. The average Bonchev–Trinajstić information content (AvgIpc) is 2.25. The van der Waals surface area contributed by atoms with Gasteiger partial charge in [-0.1, -0.05) is 0 Å². The summed E-state index contributed by atoms with van der Waals surface area (Å²) in [6.45, 7) is 17.6. The Morgan fingerprint density at radius 1 is 1.05 bits per heavy atom. The molecule has 0 aromatic rings. The van der Waals surface area contributed by atoms with Gasteiger partial charge in [0.15, 0.2) is 0 Å². The molecular formula is C15H31N3O2. The van der Waals surface area contributed by atoms with Gasteiger partial charge in [0.25, 0.3) is 0 Å². The van der Waals surface area contributed by atoms with Crippen LogP contribution >= 0.6 is 0 Å². The Bertz CT molecular complexity index is 310. The second-order valence-corrected chi connectivity index (χ2v) is 7.49. The lowest BCUT2D eigenvalue weighted by Gasteiger charge is -2.36. The fourth-order valence-corrected chi connectivity index (χ4v) is 2.07. The molecule has 0 aromatic heterocycles. The summed E-state index contributed by atoms with van der Waals surface area (Å²) in [4.78, 5) is 16.1. The van der Waals surface area contributed by atoms with Crippen LogP contribution in [0, 0.1) is 0 Å². The summed E-state index contributed by atoms with van der Waals surface area (Å²) in [5.74, 6) is 0. The third-order valence-electron chi connectivity index (χ3n) is 3.11. The normalized spacial score (nSPS) is 18.2. The van der Waals surface area contributed by atoms with Crippen LogP contribution < -0.4 is 5.32 Å². The van der Waals surface area contributed by atoms with Crippen molar-refractivity contribution in [2.24, 2.45) is 0 Å². The molecule has 0 radical (unpaired) electrons. The smallest absolute Gasteiger partial charge is 0.410 e. The topological polar surface area (TPSA) is 44.8 Å². The number of nitrogens with one attached hydrogen (secondary N) is 1. The second-order valence-electron chi connectivity index (χ2n) is 7.49. The minimum atomic E-state index is -0.412. The van der Waals surface area contributed by atoms with E-state index in [1.807, 2.05) is 20.8 Å². The van der Waals surface area contributed by atoms with Gasteiger partial charge >= 0.3 is 6.09 Å². The van der Waals surface area contributed by atoms with Gasteiger partial charge in [0.1, 0.15) is 5.60 Å². The molecule has 1 heterocycles. The van der Waals surface area contributed by atoms with Crippen LogP contribution in [0.25, 0.3) is 0 Å². The first kappa shape index (κ1) is 17.2. The van der Waals surface area contributed by atoms with Gasteiger partial charge in [-0.25, -0.2) is 4.79 Å². The quantitative estimate of drug-likeness (QED) is 0.860. The molecule has 1 saturated heterocycles. The Morgan fingerprint density at radius 2 is 1.60 bits per heavy atom. The van der Waals surface area contributed by atoms with Crippen molar-refractivity contribution < 1.29 is 9.53 Å². The summed E-state index contributed by atoms with van der Waals surface area (Å²) in [5, 5.41) is 3.49. The SMILES string of the molecule is CC(C)(C)NCCN1CCN(C(=O)OC(C)(C)C)CC1. The van der Waals surface area contributed by atoms with Gasteiger partial charge < -0.3 is 15.0 Å². The first-order chi connectivity index (χ1) is 9.07. The van der Waals surface area contributed by atoms with Crippen LogP contribution in [0.1, 0.15) is 41.5 Å². The van der Waals surface area contributed by atoms with Gasteiger partial charge in [0, 0.05) is 44.8 Å². The van der Waals surface area contributed by atoms with E-state index < -0.39 is 5.60 Å². The molecule has 0 aliphatic carbocycles. The highest BCUT2D eigenvalue weighted by Gasteiger charge is 2.25. The first-order valence-corrected chi connectivity index (χ1v) is 7.52. The third-order valence-corrected chi connectivity index (χ3v) is 3.11. The maximum Gasteiger partial charge on any atom is 0.410 e. The van der Waals surface area contributed by atoms with Crippen molar-refractivity contribution in [3.05, 3.63) is 0 Å². The molecule has 1 aliphatic rings. The van der Waals surface area contributed by atoms with Crippen molar-refractivity contribution in [3.8, 4) is 0 Å². The average molecular weight is 285 g/mol. The zero-order chi connectivity index (χ0) is 15.4. The lowest BCUT2D eigenvalue weighted by Crippen LogP contribution is -2.51. The molecule has 118 valence electrons. The summed E-state index contributed by atoms with van der Waals surface area (Å²) >= 11 is 0. The minimum Gasteiger partial charge on any atom is -0.444 e. The van der Waals surface area contributed by atoms with Crippen LogP contribution in [0.3, 0.4) is 0 Å². The molecule has 5 nitrogen and oxygen atoms in total. The number of ether oxygens (including phenoxy) is 1. The van der Waals surface area contributed by atoms with Gasteiger partial charge in [-0.2, -0.15) is 0 Å². The van der Waals surface area contributed by atoms with Crippen LogP contribution in [0.15, 0.2) is 0 Å². The van der Waals surface area contributed by atoms with E-state index in [9.17, 15) is 4.79 Å². The van der Waals surface area contributed by atoms with Crippen molar-refractivity contribution in [1.29, 1.82) is 0 Å². The zero-order valence-corrected chi connectivity index (χ0v) is 14.0. The molecule has 1 aliphatic heterocycles. The largest absolute Gasteiger partial charge is 0.444 e. The van der Waals surface area contributed by atoms with Crippen molar-refractivity contribution >= 4 is 6.09 Å². The van der Waals surface area contributed by atoms with Crippen LogP contribution in [0.4, 0.5) is 4.79 Å². The van der Waals surface area contributed by atoms with Gasteiger partial charge in [-0.15, -0.1) is 0 Å². The summed E-state index contributed by atoms with van der Waals surface area (Å²) in [5.41, 5.74) is -0.247. The number of hydrogen-bond donors (Lipinski definition) is 1. The number of hydrogen-bond acceptors (Lipinski definition) is 4. The molecule has 0 aromatic carbocycles. The van der Waals surface area contributed by atoms with E-state index in [4.69, 9.17) is 4.74 Å². The van der Waals surface area contributed by atoms with E-state index in [0.717, 1.165) is 39.3 Å². The van der Waals surface area contributed by atoms with Gasteiger partial charge in [0.05, 0.1) is 0 Å². The fraction of sp³-hybridized carbons (Fsp3) is 0.933. The van der Waals surface area contributed by atoms with Gasteiger partial charge in [0.2, 0.25) is 0 Å². The lowest BCUT2D eigenvalue weighted by atomic mass is 10.1. The highest BCUT2D eigenvalue weighted by Crippen LogP contribution is 2.11. The molecule has 0 atom stereocenters. The van der Waals surface area contributed by atoms with E-state index in [2.05, 4.69) is 31.0 Å². The van der Waals surface area contributed by atoms with Crippen LogP contribution in [-0.2, 0) is 4.74 Å². The molecule has 1 rings (SSSR count). The van der Waals surface area contributed by atoms with Crippen molar-refractivity contribution in [2.75, 3.05) is 39.3 Å². The Balaban J connectivity index is 2.25. The Morgan fingerprint density at radius 3 is 2.05 bits per heavy atom. The molecule has 1 fully saturated rings. The van der Waals surface area contributed by atoms with E-state index in [0.29, 0.717) is 0 Å². The first-order valence-electron chi connectivity index (χ1n) is 7.52. The standard InChI is InChI=1S/C15H31N3O2/c1-14(2,3)16-7-8-17-9-11-18(12-10-17)13(19)20-15(4,5)6/h16H,7-12H2,1-6H3. The number of carbonyl (C=O) groups excluding carboxylic acids is 1. The maximum atomic E-state index is 11.9. The third kappa shape index (κ3) is 7.10. The Kier molecular flexibility index (Phi) is 5.83. The highest BCUT2D eigenvalue weighted by atomic mass is 16.6. The van der Waals surface area contributed by atoms with E-state index in [1.54, 1.807) is 4.90 Å². The molecule has 5 heteroatoms. The lowest BCUT2D eigenvalue weighted by molar-refractivity contribution is 0.0145. The molecule has 0 spiro atoms. The Labute approximate surface area is 123 Å². The number of amides is 1. The molecule has 0 unspecified atom stereocenters. The van der Waals surface area contributed by atoms with Gasteiger partial charge in [-0.3, -0.25) is 4.90 Å². The second kappa shape index (κ2) is 6.76. The summed E-state index contributed by atoms with van der Waals surface area (Å²) in [7, 11) is 0. The van der Waals surface area contributed by atoms with E-state index in [1.165, 1.54) is 0 Å². The minimum absolute atomic E-state index is 0.165. The molecular weight excluding hydrogens is 254 g/mol. The highest BCUT2D eigenvalue weighted by molar-refractivity contribution is 5.68. The van der Waals surface area contributed by atoms with Crippen molar-refractivity contribution in [1.82, 2.24) is 15.1 Å². The van der Waals surface area contributed by atoms with Crippen LogP contribution in [0.2, 0.25) is 0 Å². The van der Waals surface area contributed by atoms with E-state index >= 15 is 0 Å². The Hall–Kier alpha value is -0.810. The predicted molar refractivity (Wildman–Crippen MR) is 82.0 cm³/mol. The molecule has 20 heavy (non-hydrogen) atoms. The monoisotopic (exact) mass is 285 g/mol.